The lowest BCUT2D eigenvalue weighted by atomic mass is 10.1. The first-order valence-corrected chi connectivity index (χ1v) is 7.42. The average Bonchev–Trinajstić information content (AvgIpc) is 2.97. The van der Waals surface area contributed by atoms with Crippen LogP contribution >= 0.6 is 0 Å². The van der Waals surface area contributed by atoms with Gasteiger partial charge in [-0.2, -0.15) is 0 Å². The average molecular weight is 280 g/mol. The van der Waals surface area contributed by atoms with Crippen LogP contribution in [0.4, 0.5) is 5.69 Å². The van der Waals surface area contributed by atoms with Crippen LogP contribution < -0.4 is 10.2 Å². The van der Waals surface area contributed by atoms with Gasteiger partial charge in [0.1, 0.15) is 6.04 Å². The number of hydrogen-bond donors (Lipinski definition) is 1. The number of carbonyl (C=O) groups excluding carboxylic acids is 1. The normalized spacial score (nSPS) is 14.6. The Morgan fingerprint density at radius 3 is 2.67 bits per heavy atom. The fraction of sp³-hybridized carbons (Fsp3) is 0.278. The van der Waals surface area contributed by atoms with Crippen molar-refractivity contribution >= 4 is 11.6 Å². The third kappa shape index (κ3) is 2.92. The van der Waals surface area contributed by atoms with E-state index in [9.17, 15) is 4.79 Å². The van der Waals surface area contributed by atoms with E-state index in [0.29, 0.717) is 6.54 Å². The van der Waals surface area contributed by atoms with Gasteiger partial charge in [-0.3, -0.25) is 4.79 Å². The summed E-state index contributed by atoms with van der Waals surface area (Å²) in [5, 5.41) is 3.03. The van der Waals surface area contributed by atoms with Gasteiger partial charge in [-0.1, -0.05) is 48.5 Å². The van der Waals surface area contributed by atoms with Gasteiger partial charge in [0.25, 0.3) is 0 Å². The molecule has 1 atom stereocenters. The molecule has 1 heterocycles. The van der Waals surface area contributed by atoms with Crippen LogP contribution in [0.15, 0.2) is 54.6 Å². The molecule has 1 amide bonds. The van der Waals surface area contributed by atoms with E-state index in [1.54, 1.807) is 0 Å². The Hall–Kier alpha value is -2.29. The fourth-order valence-electron chi connectivity index (χ4n) is 2.84. The molecule has 0 radical (unpaired) electrons. The van der Waals surface area contributed by atoms with E-state index in [0.717, 1.165) is 18.5 Å². The van der Waals surface area contributed by atoms with Gasteiger partial charge in [0, 0.05) is 18.8 Å². The zero-order chi connectivity index (χ0) is 14.7. The molecule has 0 fully saturated rings. The Morgan fingerprint density at radius 1 is 1.14 bits per heavy atom. The van der Waals surface area contributed by atoms with Crippen LogP contribution in [0.5, 0.6) is 0 Å². The molecule has 3 nitrogen and oxygen atoms in total. The number of nitrogens with one attached hydrogen (secondary N) is 1. The number of para-hydroxylation sites is 1. The fourth-order valence-corrected chi connectivity index (χ4v) is 2.84. The van der Waals surface area contributed by atoms with Crippen molar-refractivity contribution in [2.75, 3.05) is 11.4 Å². The number of hydrogen-bond acceptors (Lipinski definition) is 2. The van der Waals surface area contributed by atoms with Gasteiger partial charge in [0.05, 0.1) is 0 Å². The Morgan fingerprint density at radius 2 is 1.86 bits per heavy atom. The minimum absolute atomic E-state index is 0.0792. The summed E-state index contributed by atoms with van der Waals surface area (Å²) in [7, 11) is 0. The lowest BCUT2D eigenvalue weighted by Gasteiger charge is -2.26. The Balaban J connectivity index is 1.63. The number of rotatable bonds is 4. The van der Waals surface area contributed by atoms with Crippen LogP contribution in [0.3, 0.4) is 0 Å². The molecule has 3 rings (SSSR count). The molecule has 0 spiro atoms. The van der Waals surface area contributed by atoms with Crippen LogP contribution in [0.1, 0.15) is 18.1 Å². The summed E-state index contributed by atoms with van der Waals surface area (Å²) in [4.78, 5) is 14.6. The van der Waals surface area contributed by atoms with Gasteiger partial charge in [-0.05, 0) is 30.5 Å². The Bertz CT molecular complexity index is 624. The van der Waals surface area contributed by atoms with Crippen LogP contribution in [-0.4, -0.2) is 18.5 Å². The zero-order valence-corrected chi connectivity index (χ0v) is 12.3. The third-order valence-corrected chi connectivity index (χ3v) is 4.08. The predicted molar refractivity (Wildman–Crippen MR) is 85.2 cm³/mol. The molecular formula is C18H20N2O. The summed E-state index contributed by atoms with van der Waals surface area (Å²) in [6, 6.07) is 18.2. The van der Waals surface area contributed by atoms with Crippen molar-refractivity contribution in [2.45, 2.75) is 25.9 Å². The van der Waals surface area contributed by atoms with E-state index >= 15 is 0 Å². The van der Waals surface area contributed by atoms with Gasteiger partial charge in [-0.25, -0.2) is 0 Å². The maximum atomic E-state index is 12.4. The molecule has 0 saturated carbocycles. The molecule has 0 aromatic heterocycles. The number of fused-ring (bicyclic) bond motifs is 1. The maximum Gasteiger partial charge on any atom is 0.242 e. The summed E-state index contributed by atoms with van der Waals surface area (Å²) >= 11 is 0. The molecule has 21 heavy (non-hydrogen) atoms. The van der Waals surface area contributed by atoms with Crippen molar-refractivity contribution in [2.24, 2.45) is 0 Å². The summed E-state index contributed by atoms with van der Waals surface area (Å²) in [5.41, 5.74) is 3.65. The predicted octanol–water partition coefficient (Wildman–Crippen LogP) is 2.75. The van der Waals surface area contributed by atoms with Crippen molar-refractivity contribution < 1.29 is 4.79 Å². The van der Waals surface area contributed by atoms with Crippen molar-refractivity contribution in [3.05, 3.63) is 65.7 Å². The number of nitrogens with zero attached hydrogens (tertiary/aromatic N) is 1. The molecule has 1 N–H and O–H groups in total. The smallest absolute Gasteiger partial charge is 0.242 e. The minimum atomic E-state index is -0.141. The molecule has 2 aromatic carbocycles. The van der Waals surface area contributed by atoms with E-state index in [4.69, 9.17) is 0 Å². The van der Waals surface area contributed by atoms with Gasteiger partial charge >= 0.3 is 0 Å². The largest absolute Gasteiger partial charge is 0.359 e. The first-order valence-electron chi connectivity index (χ1n) is 7.42. The number of amides is 1. The van der Waals surface area contributed by atoms with Gasteiger partial charge < -0.3 is 10.2 Å². The highest BCUT2D eigenvalue weighted by atomic mass is 16.2. The number of anilines is 1. The van der Waals surface area contributed by atoms with Gasteiger partial charge in [0.2, 0.25) is 5.91 Å². The summed E-state index contributed by atoms with van der Waals surface area (Å²) in [5.74, 6) is 0.0792. The third-order valence-electron chi connectivity index (χ3n) is 4.08. The molecular weight excluding hydrogens is 260 g/mol. The molecule has 0 bridgehead atoms. The van der Waals surface area contributed by atoms with Crippen molar-refractivity contribution in [3.8, 4) is 0 Å². The van der Waals surface area contributed by atoms with Crippen LogP contribution in [0, 0.1) is 0 Å². The van der Waals surface area contributed by atoms with E-state index < -0.39 is 0 Å². The van der Waals surface area contributed by atoms with Crippen molar-refractivity contribution in [1.82, 2.24) is 5.32 Å². The second kappa shape index (κ2) is 6.00. The van der Waals surface area contributed by atoms with Crippen molar-refractivity contribution in [1.29, 1.82) is 0 Å². The summed E-state index contributed by atoms with van der Waals surface area (Å²) < 4.78 is 0. The van der Waals surface area contributed by atoms with Gasteiger partial charge in [0.15, 0.2) is 0 Å². The van der Waals surface area contributed by atoms with E-state index in [-0.39, 0.29) is 11.9 Å². The lowest BCUT2D eigenvalue weighted by molar-refractivity contribution is -0.122. The summed E-state index contributed by atoms with van der Waals surface area (Å²) in [6.07, 6.45) is 1.02. The van der Waals surface area contributed by atoms with E-state index in [2.05, 4.69) is 28.4 Å². The first-order chi connectivity index (χ1) is 10.3. The number of carbonyl (C=O) groups is 1. The number of benzene rings is 2. The Kier molecular flexibility index (Phi) is 3.91. The molecule has 1 aliphatic rings. The van der Waals surface area contributed by atoms with Crippen molar-refractivity contribution in [3.63, 3.8) is 0 Å². The second-order valence-corrected chi connectivity index (χ2v) is 5.45. The molecule has 1 aliphatic heterocycles. The SMILES string of the molecule is C[C@H](C(=O)NCc1ccccc1)N1CCc2ccccc21. The van der Waals surface area contributed by atoms with E-state index in [1.165, 1.54) is 11.3 Å². The van der Waals surface area contributed by atoms with Gasteiger partial charge in [-0.15, -0.1) is 0 Å². The summed E-state index contributed by atoms with van der Waals surface area (Å²) in [6.45, 7) is 3.47. The highest BCUT2D eigenvalue weighted by Crippen LogP contribution is 2.29. The molecule has 108 valence electrons. The zero-order valence-electron chi connectivity index (χ0n) is 12.3. The Labute approximate surface area is 125 Å². The molecule has 2 aromatic rings. The van der Waals surface area contributed by atoms with E-state index in [1.807, 2.05) is 43.3 Å². The quantitative estimate of drug-likeness (QED) is 0.934. The first kappa shape index (κ1) is 13.7. The van der Waals surface area contributed by atoms with Crippen LogP contribution in [0.25, 0.3) is 0 Å². The highest BCUT2D eigenvalue weighted by molar-refractivity contribution is 5.85. The molecule has 3 heteroatoms. The minimum Gasteiger partial charge on any atom is -0.359 e. The molecule has 0 saturated heterocycles. The highest BCUT2D eigenvalue weighted by Gasteiger charge is 2.27. The maximum absolute atomic E-state index is 12.4. The monoisotopic (exact) mass is 280 g/mol. The molecule has 0 aliphatic carbocycles. The standard InChI is InChI=1S/C18H20N2O/c1-14(18(21)19-13-15-7-3-2-4-8-15)20-12-11-16-9-5-6-10-17(16)20/h2-10,14H,11-13H2,1H3,(H,19,21)/t14-/m1/s1. The lowest BCUT2D eigenvalue weighted by Crippen LogP contribution is -2.44. The van der Waals surface area contributed by atoms with Crippen LogP contribution in [0.2, 0.25) is 0 Å². The van der Waals surface area contributed by atoms with Crippen LogP contribution in [-0.2, 0) is 17.8 Å². The second-order valence-electron chi connectivity index (χ2n) is 5.45. The molecule has 0 unspecified atom stereocenters. The topological polar surface area (TPSA) is 32.3 Å².